The lowest BCUT2D eigenvalue weighted by Gasteiger charge is -2.10. The third-order valence-electron chi connectivity index (χ3n) is 4.62. The van der Waals surface area contributed by atoms with E-state index in [-0.39, 0.29) is 27.0 Å². The summed E-state index contributed by atoms with van der Waals surface area (Å²) in [5.74, 6) is -0.00206. The van der Waals surface area contributed by atoms with Gasteiger partial charge in [-0.2, -0.15) is 5.26 Å². The highest BCUT2D eigenvalue weighted by molar-refractivity contribution is 7.21. The molecule has 0 unspecified atom stereocenters. The number of nitrogens with one attached hydrogen (secondary N) is 1. The number of fused-ring (bicyclic) bond motifs is 1. The van der Waals surface area contributed by atoms with E-state index >= 15 is 0 Å². The SMILES string of the molecule is CCCNC(=O)/C(C#N)=C/c1ccc(OC(=O)c2sc3ccc(OC)cc3c2Cl)c(OC)c1. The van der Waals surface area contributed by atoms with Crippen molar-refractivity contribution in [3.05, 3.63) is 57.4 Å². The summed E-state index contributed by atoms with van der Waals surface area (Å²) in [6.45, 7) is 2.40. The van der Waals surface area contributed by atoms with E-state index in [2.05, 4.69) is 5.32 Å². The second-order valence-electron chi connectivity index (χ2n) is 6.83. The number of thiophene rings is 1. The predicted octanol–water partition coefficient (Wildman–Crippen LogP) is 5.22. The van der Waals surface area contributed by atoms with E-state index in [0.717, 1.165) is 11.1 Å². The Balaban J connectivity index is 1.86. The molecule has 0 bridgehead atoms. The van der Waals surface area contributed by atoms with Crippen LogP contribution in [0.5, 0.6) is 17.2 Å². The normalized spacial score (nSPS) is 11.1. The van der Waals surface area contributed by atoms with Gasteiger partial charge in [0, 0.05) is 16.6 Å². The highest BCUT2D eigenvalue weighted by Gasteiger charge is 2.21. The molecule has 1 aromatic heterocycles. The molecule has 0 radical (unpaired) electrons. The van der Waals surface area contributed by atoms with Crippen molar-refractivity contribution in [3.63, 3.8) is 0 Å². The summed E-state index contributed by atoms with van der Waals surface area (Å²) in [6, 6.07) is 12.0. The molecule has 0 aliphatic heterocycles. The molecule has 3 aromatic rings. The Kier molecular flexibility index (Phi) is 7.93. The van der Waals surface area contributed by atoms with Gasteiger partial charge < -0.3 is 19.5 Å². The average molecular weight is 485 g/mol. The van der Waals surface area contributed by atoms with Gasteiger partial charge in [-0.25, -0.2) is 4.79 Å². The second kappa shape index (κ2) is 10.9. The molecular formula is C24H21ClN2O5S. The number of esters is 1. The number of amides is 1. The number of halogens is 1. The topological polar surface area (TPSA) is 97.7 Å². The van der Waals surface area contributed by atoms with Crippen LogP contribution in [0.1, 0.15) is 28.6 Å². The summed E-state index contributed by atoms with van der Waals surface area (Å²) in [5, 5.41) is 13.0. The van der Waals surface area contributed by atoms with E-state index in [1.165, 1.54) is 30.6 Å². The maximum Gasteiger partial charge on any atom is 0.355 e. The van der Waals surface area contributed by atoms with Crippen LogP contribution >= 0.6 is 22.9 Å². The van der Waals surface area contributed by atoms with Crippen LogP contribution in [-0.2, 0) is 4.79 Å². The fourth-order valence-electron chi connectivity index (χ4n) is 2.96. The van der Waals surface area contributed by atoms with Gasteiger partial charge in [0.1, 0.15) is 22.3 Å². The van der Waals surface area contributed by atoms with Crippen molar-refractivity contribution in [1.82, 2.24) is 5.32 Å². The van der Waals surface area contributed by atoms with Crippen molar-refractivity contribution in [2.75, 3.05) is 20.8 Å². The summed E-state index contributed by atoms with van der Waals surface area (Å²) >= 11 is 7.65. The van der Waals surface area contributed by atoms with Gasteiger partial charge in [-0.05, 0) is 48.4 Å². The molecule has 0 spiro atoms. The maximum absolute atomic E-state index is 12.8. The van der Waals surface area contributed by atoms with Crippen LogP contribution in [-0.4, -0.2) is 32.6 Å². The van der Waals surface area contributed by atoms with Crippen molar-refractivity contribution in [2.24, 2.45) is 0 Å². The summed E-state index contributed by atoms with van der Waals surface area (Å²) in [7, 11) is 2.98. The van der Waals surface area contributed by atoms with E-state index in [9.17, 15) is 14.9 Å². The number of ether oxygens (including phenoxy) is 3. The standard InChI is InChI=1S/C24H21ClN2O5S/c1-4-9-27-23(28)15(13-26)10-14-5-7-18(19(11-14)31-3)32-24(29)22-21(25)17-12-16(30-2)6-8-20(17)33-22/h5-8,10-12H,4,9H2,1-3H3,(H,27,28)/b15-10+. The van der Waals surface area contributed by atoms with E-state index in [1.54, 1.807) is 31.4 Å². The first-order valence-electron chi connectivity index (χ1n) is 9.98. The molecule has 0 saturated carbocycles. The van der Waals surface area contributed by atoms with Gasteiger partial charge in [-0.15, -0.1) is 11.3 Å². The average Bonchev–Trinajstić information content (AvgIpc) is 3.17. The molecular weight excluding hydrogens is 464 g/mol. The van der Waals surface area contributed by atoms with Crippen molar-refractivity contribution in [3.8, 4) is 23.3 Å². The minimum absolute atomic E-state index is 0.0391. The van der Waals surface area contributed by atoms with Crippen LogP contribution in [0.4, 0.5) is 0 Å². The molecule has 0 aliphatic carbocycles. The smallest absolute Gasteiger partial charge is 0.355 e. The van der Waals surface area contributed by atoms with Gasteiger partial charge in [0.15, 0.2) is 11.5 Å². The highest BCUT2D eigenvalue weighted by Crippen LogP contribution is 2.38. The number of carbonyl (C=O) groups excluding carboxylic acids is 2. The van der Waals surface area contributed by atoms with Crippen LogP contribution in [0.15, 0.2) is 42.0 Å². The van der Waals surface area contributed by atoms with Crippen molar-refractivity contribution in [1.29, 1.82) is 5.26 Å². The van der Waals surface area contributed by atoms with Gasteiger partial charge in [0.25, 0.3) is 5.91 Å². The molecule has 9 heteroatoms. The molecule has 170 valence electrons. The Hall–Kier alpha value is -3.54. The van der Waals surface area contributed by atoms with Crippen LogP contribution < -0.4 is 19.5 Å². The number of nitriles is 1. The number of rotatable bonds is 8. The van der Waals surface area contributed by atoms with E-state index < -0.39 is 11.9 Å². The predicted molar refractivity (Wildman–Crippen MR) is 128 cm³/mol. The zero-order chi connectivity index (χ0) is 24.0. The molecule has 3 rings (SSSR count). The molecule has 0 saturated heterocycles. The molecule has 1 N–H and O–H groups in total. The Labute approximate surface area is 200 Å². The molecule has 0 atom stereocenters. The van der Waals surface area contributed by atoms with Gasteiger partial charge >= 0.3 is 5.97 Å². The number of hydrogen-bond acceptors (Lipinski definition) is 7. The molecule has 33 heavy (non-hydrogen) atoms. The Morgan fingerprint density at radius 2 is 1.94 bits per heavy atom. The van der Waals surface area contributed by atoms with Gasteiger partial charge in [-0.3, -0.25) is 4.79 Å². The third kappa shape index (κ3) is 5.45. The van der Waals surface area contributed by atoms with E-state index in [4.69, 9.17) is 25.8 Å². The zero-order valence-corrected chi connectivity index (χ0v) is 19.8. The largest absolute Gasteiger partial charge is 0.497 e. The van der Waals surface area contributed by atoms with Crippen molar-refractivity contribution in [2.45, 2.75) is 13.3 Å². The molecule has 1 heterocycles. The van der Waals surface area contributed by atoms with E-state index in [1.807, 2.05) is 19.1 Å². The summed E-state index contributed by atoms with van der Waals surface area (Å²) < 4.78 is 16.9. The minimum Gasteiger partial charge on any atom is -0.497 e. The third-order valence-corrected chi connectivity index (χ3v) is 6.28. The number of nitrogens with zero attached hydrogens (tertiary/aromatic N) is 1. The van der Waals surface area contributed by atoms with Crippen LogP contribution in [0, 0.1) is 11.3 Å². The van der Waals surface area contributed by atoms with E-state index in [0.29, 0.717) is 23.2 Å². The lowest BCUT2D eigenvalue weighted by atomic mass is 10.1. The lowest BCUT2D eigenvalue weighted by Crippen LogP contribution is -2.25. The summed E-state index contributed by atoms with van der Waals surface area (Å²) in [6.07, 6.45) is 2.20. The first-order chi connectivity index (χ1) is 15.9. The maximum atomic E-state index is 12.8. The van der Waals surface area contributed by atoms with Crippen LogP contribution in [0.3, 0.4) is 0 Å². The molecule has 7 nitrogen and oxygen atoms in total. The number of benzene rings is 2. The first-order valence-corrected chi connectivity index (χ1v) is 11.2. The van der Waals surface area contributed by atoms with Crippen LogP contribution in [0.25, 0.3) is 16.2 Å². The Morgan fingerprint density at radius 1 is 1.15 bits per heavy atom. The van der Waals surface area contributed by atoms with Crippen LogP contribution in [0.2, 0.25) is 5.02 Å². The fraction of sp³-hybridized carbons (Fsp3) is 0.208. The second-order valence-corrected chi connectivity index (χ2v) is 8.26. The molecule has 0 fully saturated rings. The molecule has 0 aliphatic rings. The lowest BCUT2D eigenvalue weighted by molar-refractivity contribution is -0.117. The zero-order valence-electron chi connectivity index (χ0n) is 18.2. The fourth-order valence-corrected chi connectivity index (χ4v) is 4.32. The number of hydrogen-bond donors (Lipinski definition) is 1. The quantitative estimate of drug-likeness (QED) is 0.203. The highest BCUT2D eigenvalue weighted by atomic mass is 35.5. The monoisotopic (exact) mass is 484 g/mol. The summed E-state index contributed by atoms with van der Waals surface area (Å²) in [4.78, 5) is 25.2. The number of methoxy groups -OCH3 is 2. The van der Waals surface area contributed by atoms with Crippen molar-refractivity contribution >= 4 is 51.0 Å². The van der Waals surface area contributed by atoms with Crippen molar-refractivity contribution < 1.29 is 23.8 Å². The number of carbonyl (C=O) groups is 2. The Morgan fingerprint density at radius 3 is 2.61 bits per heavy atom. The summed E-state index contributed by atoms with van der Waals surface area (Å²) in [5.41, 5.74) is 0.504. The van der Waals surface area contributed by atoms with Gasteiger partial charge in [0.05, 0.1) is 19.2 Å². The van der Waals surface area contributed by atoms with Gasteiger partial charge in [-0.1, -0.05) is 24.6 Å². The molecule has 1 amide bonds. The van der Waals surface area contributed by atoms with Gasteiger partial charge in [0.2, 0.25) is 0 Å². The first kappa shape index (κ1) is 24.1. The minimum atomic E-state index is -0.626. The molecule has 2 aromatic carbocycles. The Bertz CT molecular complexity index is 1280.